The van der Waals surface area contributed by atoms with Crippen LogP contribution < -0.4 is 15.4 Å². The second-order valence-corrected chi connectivity index (χ2v) is 7.53. The first-order chi connectivity index (χ1) is 14.3. The number of pyridine rings is 1. The molecule has 0 aliphatic heterocycles. The maximum atomic E-state index is 12.2. The van der Waals surface area contributed by atoms with Crippen LogP contribution in [0.2, 0.25) is 0 Å². The lowest BCUT2D eigenvalue weighted by molar-refractivity contribution is -0.154. The number of aromatic nitrogens is 1. The third kappa shape index (κ3) is 7.82. The highest BCUT2D eigenvalue weighted by Crippen LogP contribution is 2.29. The van der Waals surface area contributed by atoms with E-state index in [4.69, 9.17) is 0 Å². The number of benzene rings is 1. The third-order valence-electron chi connectivity index (χ3n) is 4.10. The zero-order valence-corrected chi connectivity index (χ0v) is 19.7. The fourth-order valence-electron chi connectivity index (χ4n) is 2.62. The molecule has 3 aromatic rings. The molecule has 0 aliphatic rings. The van der Waals surface area contributed by atoms with Gasteiger partial charge in [0.25, 0.3) is 0 Å². The Balaban J connectivity index is 0.00000341. The largest absolute Gasteiger partial charge is 0.468 e. The van der Waals surface area contributed by atoms with E-state index in [-0.39, 0.29) is 36.4 Å². The van der Waals surface area contributed by atoms with Gasteiger partial charge in [0, 0.05) is 42.0 Å². The van der Waals surface area contributed by atoms with Crippen molar-refractivity contribution in [2.75, 3.05) is 20.2 Å². The Bertz CT molecular complexity index is 963. The monoisotopic (exact) mass is 566 g/mol. The van der Waals surface area contributed by atoms with Gasteiger partial charge in [0.2, 0.25) is 5.88 Å². The third-order valence-corrected chi connectivity index (χ3v) is 5.32. The van der Waals surface area contributed by atoms with Crippen molar-refractivity contribution in [1.82, 2.24) is 15.6 Å². The van der Waals surface area contributed by atoms with Crippen molar-refractivity contribution >= 4 is 51.4 Å². The Morgan fingerprint density at radius 1 is 1.23 bits per heavy atom. The number of hydrogen-bond donors (Lipinski definition) is 3. The number of thiophene rings is 1. The molecule has 0 spiro atoms. The van der Waals surface area contributed by atoms with Crippen LogP contribution in [0.25, 0.3) is 10.1 Å². The van der Waals surface area contributed by atoms with Gasteiger partial charge in [-0.05, 0) is 23.1 Å². The molecule has 3 N–H and O–H groups in total. The van der Waals surface area contributed by atoms with Crippen LogP contribution in [0, 0.1) is 0 Å². The summed E-state index contributed by atoms with van der Waals surface area (Å²) in [6, 6.07) is 12.9. The highest BCUT2D eigenvalue weighted by Gasteiger charge is 2.28. The van der Waals surface area contributed by atoms with Gasteiger partial charge in [-0.2, -0.15) is 13.2 Å². The molecular weight excluding hydrogens is 544 g/mol. The van der Waals surface area contributed by atoms with E-state index >= 15 is 0 Å². The fraction of sp³-hybridized carbons (Fsp3) is 0.300. The van der Waals surface area contributed by atoms with Gasteiger partial charge in [-0.25, -0.2) is 4.98 Å². The molecule has 0 fully saturated rings. The number of hydrogen-bond acceptors (Lipinski definition) is 5. The Kier molecular flexibility index (Phi) is 9.32. The molecule has 31 heavy (non-hydrogen) atoms. The van der Waals surface area contributed by atoms with Gasteiger partial charge in [-0.15, -0.1) is 35.3 Å². The molecule has 2 aromatic heterocycles. The Hall–Kier alpha value is -2.12. The van der Waals surface area contributed by atoms with Crippen LogP contribution in [0.15, 0.2) is 53.7 Å². The molecule has 2 heterocycles. The zero-order valence-electron chi connectivity index (χ0n) is 16.5. The lowest BCUT2D eigenvalue weighted by atomic mass is 10.2. The summed E-state index contributed by atoms with van der Waals surface area (Å²) in [4.78, 5) is 8.82. The van der Waals surface area contributed by atoms with Gasteiger partial charge in [0.05, 0.1) is 0 Å². The molecule has 0 saturated heterocycles. The summed E-state index contributed by atoms with van der Waals surface area (Å²) in [5, 5.41) is 17.7. The standard InChI is InChI=1S/C20H21F3N4O2S.HI/c1-24-19(26-10-13-6-7-18(25-9-13)29-12-20(21,22)23)27-11-15(28)17-8-14-4-2-3-5-16(14)30-17;/h2-9,15,28H,10-12H2,1H3,(H2,24,26,27);1H. The topological polar surface area (TPSA) is 78.8 Å². The summed E-state index contributed by atoms with van der Waals surface area (Å²) < 4.78 is 42.2. The first kappa shape index (κ1) is 25.1. The maximum Gasteiger partial charge on any atom is 0.422 e. The highest BCUT2D eigenvalue weighted by atomic mass is 127. The molecule has 0 bridgehead atoms. The van der Waals surface area contributed by atoms with Crippen LogP contribution in [0.4, 0.5) is 13.2 Å². The smallest absolute Gasteiger partial charge is 0.422 e. The van der Waals surface area contributed by atoms with Gasteiger partial charge in [-0.3, -0.25) is 4.99 Å². The van der Waals surface area contributed by atoms with E-state index in [1.807, 2.05) is 30.3 Å². The number of rotatable bonds is 7. The number of halogens is 4. The van der Waals surface area contributed by atoms with Gasteiger partial charge < -0.3 is 20.5 Å². The van der Waals surface area contributed by atoms with Crippen LogP contribution in [-0.2, 0) is 6.54 Å². The quantitative estimate of drug-likeness (QED) is 0.227. The Labute approximate surface area is 198 Å². The van der Waals surface area contributed by atoms with Gasteiger partial charge in [0.1, 0.15) is 6.10 Å². The lowest BCUT2D eigenvalue weighted by Gasteiger charge is -2.15. The van der Waals surface area contributed by atoms with Crippen molar-refractivity contribution in [2.24, 2.45) is 4.99 Å². The number of fused-ring (bicyclic) bond motifs is 1. The van der Waals surface area contributed by atoms with Crippen molar-refractivity contribution in [1.29, 1.82) is 0 Å². The van der Waals surface area contributed by atoms with Crippen LogP contribution in [0.5, 0.6) is 5.88 Å². The van der Waals surface area contributed by atoms with Gasteiger partial charge in [0.15, 0.2) is 12.6 Å². The molecule has 6 nitrogen and oxygen atoms in total. The number of aliphatic hydroxyl groups excluding tert-OH is 1. The van der Waals surface area contributed by atoms with Crippen molar-refractivity contribution in [2.45, 2.75) is 18.8 Å². The second kappa shape index (κ2) is 11.5. The molecular formula is C20H22F3IN4O2S. The molecule has 0 saturated carbocycles. The van der Waals surface area contributed by atoms with E-state index in [2.05, 4.69) is 25.3 Å². The molecule has 0 radical (unpaired) electrons. The number of aliphatic hydroxyl groups is 1. The first-order valence-electron chi connectivity index (χ1n) is 9.09. The average molecular weight is 566 g/mol. The molecule has 11 heteroatoms. The highest BCUT2D eigenvalue weighted by molar-refractivity contribution is 14.0. The predicted octanol–water partition coefficient (Wildman–Crippen LogP) is 4.25. The average Bonchev–Trinajstić information content (AvgIpc) is 3.17. The van der Waals surface area contributed by atoms with Gasteiger partial charge in [-0.1, -0.05) is 24.3 Å². The van der Waals surface area contributed by atoms with E-state index in [0.29, 0.717) is 12.5 Å². The summed E-state index contributed by atoms with van der Waals surface area (Å²) in [5.41, 5.74) is 0.738. The number of alkyl halides is 3. The van der Waals surface area contributed by atoms with E-state index in [9.17, 15) is 18.3 Å². The number of nitrogens with one attached hydrogen (secondary N) is 2. The normalized spacial score (nSPS) is 12.9. The SMILES string of the molecule is CN=C(NCc1ccc(OCC(F)(F)F)nc1)NCC(O)c1cc2ccccc2s1.I. The number of aliphatic imine (C=N–C) groups is 1. The number of ether oxygens (including phenoxy) is 1. The molecule has 3 rings (SSSR count). The molecule has 1 atom stereocenters. The minimum absolute atomic E-state index is 0. The first-order valence-corrected chi connectivity index (χ1v) is 9.91. The molecule has 1 unspecified atom stereocenters. The van der Waals surface area contributed by atoms with E-state index in [1.54, 1.807) is 24.5 Å². The summed E-state index contributed by atoms with van der Waals surface area (Å²) in [5.74, 6) is 0.387. The van der Waals surface area contributed by atoms with E-state index in [1.165, 1.54) is 12.3 Å². The van der Waals surface area contributed by atoms with Crippen LogP contribution in [-0.4, -0.2) is 42.4 Å². The predicted molar refractivity (Wildman–Crippen MR) is 126 cm³/mol. The Morgan fingerprint density at radius 3 is 2.65 bits per heavy atom. The number of nitrogens with zero attached hydrogens (tertiary/aromatic N) is 2. The summed E-state index contributed by atoms with van der Waals surface area (Å²) in [6.45, 7) is -0.754. The van der Waals surface area contributed by atoms with Crippen LogP contribution in [0.3, 0.4) is 0 Å². The van der Waals surface area contributed by atoms with Crippen molar-refractivity contribution in [3.63, 3.8) is 0 Å². The summed E-state index contributed by atoms with van der Waals surface area (Å²) >= 11 is 1.54. The van der Waals surface area contributed by atoms with Crippen LogP contribution in [0.1, 0.15) is 16.5 Å². The lowest BCUT2D eigenvalue weighted by Crippen LogP contribution is -2.38. The number of guanidine groups is 1. The van der Waals surface area contributed by atoms with Crippen molar-refractivity contribution in [3.8, 4) is 5.88 Å². The van der Waals surface area contributed by atoms with Crippen LogP contribution >= 0.6 is 35.3 Å². The molecule has 0 amide bonds. The fourth-order valence-corrected chi connectivity index (χ4v) is 3.67. The summed E-state index contributed by atoms with van der Waals surface area (Å²) in [6.07, 6.45) is -3.66. The van der Waals surface area contributed by atoms with Gasteiger partial charge >= 0.3 is 6.18 Å². The second-order valence-electron chi connectivity index (χ2n) is 6.42. The van der Waals surface area contributed by atoms with Crippen molar-refractivity contribution in [3.05, 3.63) is 59.1 Å². The minimum Gasteiger partial charge on any atom is -0.468 e. The van der Waals surface area contributed by atoms with E-state index in [0.717, 1.165) is 20.5 Å². The van der Waals surface area contributed by atoms with Crippen molar-refractivity contribution < 1.29 is 23.0 Å². The molecule has 0 aliphatic carbocycles. The molecule has 1 aromatic carbocycles. The maximum absolute atomic E-state index is 12.2. The Morgan fingerprint density at radius 2 is 2.00 bits per heavy atom. The van der Waals surface area contributed by atoms with E-state index < -0.39 is 18.9 Å². The molecule has 168 valence electrons. The summed E-state index contributed by atoms with van der Waals surface area (Å²) in [7, 11) is 1.60. The zero-order chi connectivity index (χ0) is 21.6. The minimum atomic E-state index is -4.40.